The van der Waals surface area contributed by atoms with Gasteiger partial charge in [0.05, 0.1) is 5.69 Å². The molecule has 1 fully saturated rings. The van der Waals surface area contributed by atoms with Gasteiger partial charge in [0.25, 0.3) is 0 Å². The van der Waals surface area contributed by atoms with Gasteiger partial charge in [-0.1, -0.05) is 36.9 Å². The van der Waals surface area contributed by atoms with Crippen LogP contribution in [0.3, 0.4) is 0 Å². The lowest BCUT2D eigenvalue weighted by molar-refractivity contribution is -0.125. The second kappa shape index (κ2) is 9.40. The van der Waals surface area contributed by atoms with Crippen molar-refractivity contribution >= 4 is 11.7 Å². The highest BCUT2D eigenvalue weighted by Crippen LogP contribution is 2.30. The Morgan fingerprint density at radius 2 is 1.90 bits per heavy atom. The zero-order valence-corrected chi connectivity index (χ0v) is 17.2. The minimum Gasteiger partial charge on any atom is -0.457 e. The molecular formula is C24H25N5O2. The molecule has 0 saturated carbocycles. The Morgan fingerprint density at radius 1 is 1.16 bits per heavy atom. The number of carbonyl (C=O) groups is 1. The highest BCUT2D eigenvalue weighted by atomic mass is 16.5. The van der Waals surface area contributed by atoms with Crippen LogP contribution < -0.4 is 15.8 Å². The van der Waals surface area contributed by atoms with Gasteiger partial charge in [0.2, 0.25) is 5.91 Å². The van der Waals surface area contributed by atoms with Crippen molar-refractivity contribution in [3.8, 4) is 22.6 Å². The quantitative estimate of drug-likeness (QED) is 0.575. The fourth-order valence-electron chi connectivity index (χ4n) is 3.70. The van der Waals surface area contributed by atoms with Crippen molar-refractivity contribution in [1.29, 1.82) is 0 Å². The fraction of sp³-hybridized carbons (Fsp3) is 0.208. The Labute approximate surface area is 181 Å². The molecule has 0 bridgehead atoms. The predicted molar refractivity (Wildman–Crippen MR) is 120 cm³/mol. The maximum Gasteiger partial charge on any atom is 0.246 e. The molecule has 7 nitrogen and oxygen atoms in total. The number of nitrogens with one attached hydrogen (secondary N) is 1. The van der Waals surface area contributed by atoms with Crippen LogP contribution >= 0.6 is 0 Å². The summed E-state index contributed by atoms with van der Waals surface area (Å²) >= 11 is 0. The van der Waals surface area contributed by atoms with E-state index in [1.807, 2.05) is 54.6 Å². The molecule has 1 aliphatic heterocycles. The average molecular weight is 415 g/mol. The molecule has 0 spiro atoms. The lowest BCUT2D eigenvalue weighted by Gasteiger charge is -2.17. The molecule has 1 saturated heterocycles. The summed E-state index contributed by atoms with van der Waals surface area (Å²) in [5.74, 6) is 1.92. The summed E-state index contributed by atoms with van der Waals surface area (Å²) in [5, 5.41) is 3.49. The summed E-state index contributed by atoms with van der Waals surface area (Å²) < 4.78 is 5.87. The molecule has 1 aliphatic rings. The van der Waals surface area contributed by atoms with Gasteiger partial charge in [-0.15, -0.1) is 0 Å². The molecule has 7 heteroatoms. The van der Waals surface area contributed by atoms with Crippen molar-refractivity contribution in [2.75, 3.05) is 18.8 Å². The topological polar surface area (TPSA) is 93.4 Å². The highest BCUT2D eigenvalue weighted by molar-refractivity contribution is 5.87. The van der Waals surface area contributed by atoms with Crippen LogP contribution in [0.15, 0.2) is 73.6 Å². The molecule has 4 rings (SSSR count). The maximum atomic E-state index is 11.8. The van der Waals surface area contributed by atoms with Gasteiger partial charge in [-0.2, -0.15) is 0 Å². The van der Waals surface area contributed by atoms with E-state index in [1.165, 1.54) is 12.4 Å². The number of amides is 1. The van der Waals surface area contributed by atoms with Crippen LogP contribution in [-0.4, -0.2) is 39.9 Å². The normalized spacial score (nSPS) is 15.6. The molecule has 1 amide bonds. The minimum absolute atomic E-state index is 0.0333. The van der Waals surface area contributed by atoms with Crippen LogP contribution in [0.4, 0.5) is 5.82 Å². The van der Waals surface area contributed by atoms with Gasteiger partial charge >= 0.3 is 0 Å². The summed E-state index contributed by atoms with van der Waals surface area (Å²) in [6, 6.07) is 17.6. The lowest BCUT2D eigenvalue weighted by atomic mass is 10.0. The van der Waals surface area contributed by atoms with E-state index in [0.717, 1.165) is 41.3 Å². The standard InChI is InChI=1S/C24H25N5O2/c1-2-22(30)29-13-12-18(15-29)26-14-21-23(24(25)28-16-27-21)17-8-10-20(11-9-17)31-19-6-4-3-5-7-19/h2-11,16,18,26H,1,12-15H2,(H2,25,27,28)/t18-/m1/s1. The van der Waals surface area contributed by atoms with Crippen molar-refractivity contribution in [1.82, 2.24) is 20.2 Å². The Morgan fingerprint density at radius 3 is 2.65 bits per heavy atom. The number of para-hydroxylation sites is 1. The monoisotopic (exact) mass is 415 g/mol. The molecule has 1 atom stereocenters. The van der Waals surface area contributed by atoms with E-state index in [-0.39, 0.29) is 11.9 Å². The first-order chi connectivity index (χ1) is 15.1. The second-order valence-corrected chi connectivity index (χ2v) is 7.37. The number of carbonyl (C=O) groups excluding carboxylic acids is 1. The largest absolute Gasteiger partial charge is 0.457 e. The number of nitrogens with zero attached hydrogens (tertiary/aromatic N) is 3. The van der Waals surface area contributed by atoms with E-state index in [0.29, 0.717) is 18.9 Å². The summed E-state index contributed by atoms with van der Waals surface area (Å²) in [4.78, 5) is 22.2. The van der Waals surface area contributed by atoms with Crippen LogP contribution in [0, 0.1) is 0 Å². The molecule has 1 aromatic heterocycles. The Kier molecular flexibility index (Phi) is 6.24. The number of rotatable bonds is 7. The Bertz CT molecular complexity index is 1050. The molecule has 3 aromatic rings. The van der Waals surface area contributed by atoms with Gasteiger partial charge in [0.15, 0.2) is 0 Å². The number of anilines is 1. The van der Waals surface area contributed by atoms with E-state index in [1.54, 1.807) is 4.90 Å². The van der Waals surface area contributed by atoms with Crippen molar-refractivity contribution in [3.05, 3.63) is 79.3 Å². The molecule has 0 unspecified atom stereocenters. The zero-order chi connectivity index (χ0) is 21.6. The molecule has 2 aromatic carbocycles. The SMILES string of the molecule is C=CC(=O)N1CC[C@@H](NCc2ncnc(N)c2-c2ccc(Oc3ccccc3)cc2)C1. The predicted octanol–water partition coefficient (Wildman–Crippen LogP) is 3.39. The van der Waals surface area contributed by atoms with Crippen LogP contribution in [0.1, 0.15) is 12.1 Å². The van der Waals surface area contributed by atoms with Gasteiger partial charge in [0.1, 0.15) is 23.6 Å². The van der Waals surface area contributed by atoms with Gasteiger partial charge in [0, 0.05) is 31.2 Å². The number of nitrogens with two attached hydrogens (primary N) is 1. The first-order valence-corrected chi connectivity index (χ1v) is 10.2. The van der Waals surface area contributed by atoms with Crippen LogP contribution in [0.25, 0.3) is 11.1 Å². The van der Waals surface area contributed by atoms with Crippen LogP contribution in [0.5, 0.6) is 11.5 Å². The molecule has 31 heavy (non-hydrogen) atoms. The molecular weight excluding hydrogens is 390 g/mol. The molecule has 3 N–H and O–H groups in total. The summed E-state index contributed by atoms with van der Waals surface area (Å²) in [6.07, 6.45) is 3.72. The van der Waals surface area contributed by atoms with E-state index in [9.17, 15) is 4.79 Å². The number of ether oxygens (including phenoxy) is 1. The maximum absolute atomic E-state index is 11.8. The molecule has 0 radical (unpaired) electrons. The van der Waals surface area contributed by atoms with E-state index < -0.39 is 0 Å². The van der Waals surface area contributed by atoms with E-state index in [4.69, 9.17) is 10.5 Å². The van der Waals surface area contributed by atoms with Crippen LogP contribution in [0.2, 0.25) is 0 Å². The third-order valence-electron chi connectivity index (χ3n) is 5.31. The number of likely N-dealkylation sites (tertiary alicyclic amines) is 1. The van der Waals surface area contributed by atoms with Crippen molar-refractivity contribution in [3.63, 3.8) is 0 Å². The lowest BCUT2D eigenvalue weighted by Crippen LogP contribution is -2.34. The molecule has 2 heterocycles. The van der Waals surface area contributed by atoms with Crippen molar-refractivity contribution in [2.24, 2.45) is 0 Å². The summed E-state index contributed by atoms with van der Waals surface area (Å²) in [6.45, 7) is 5.47. The highest BCUT2D eigenvalue weighted by Gasteiger charge is 2.25. The smallest absolute Gasteiger partial charge is 0.246 e. The average Bonchev–Trinajstić information content (AvgIpc) is 3.28. The number of nitrogen functional groups attached to an aromatic ring is 1. The van der Waals surface area contributed by atoms with Crippen LogP contribution in [-0.2, 0) is 11.3 Å². The van der Waals surface area contributed by atoms with Gasteiger partial charge in [-0.3, -0.25) is 4.79 Å². The number of benzene rings is 2. The molecule has 158 valence electrons. The van der Waals surface area contributed by atoms with Gasteiger partial charge in [-0.05, 0) is 42.3 Å². The fourth-order valence-corrected chi connectivity index (χ4v) is 3.70. The van der Waals surface area contributed by atoms with E-state index in [2.05, 4.69) is 21.9 Å². The van der Waals surface area contributed by atoms with E-state index >= 15 is 0 Å². The van der Waals surface area contributed by atoms with Crippen molar-refractivity contribution in [2.45, 2.75) is 19.0 Å². The minimum atomic E-state index is -0.0333. The first-order valence-electron chi connectivity index (χ1n) is 10.2. The van der Waals surface area contributed by atoms with Gasteiger partial charge in [-0.25, -0.2) is 9.97 Å². The number of aromatic nitrogens is 2. The third kappa shape index (κ3) is 4.90. The third-order valence-corrected chi connectivity index (χ3v) is 5.31. The van der Waals surface area contributed by atoms with Gasteiger partial charge < -0.3 is 20.7 Å². The summed E-state index contributed by atoms with van der Waals surface area (Å²) in [7, 11) is 0. The van der Waals surface area contributed by atoms with Crippen molar-refractivity contribution < 1.29 is 9.53 Å². The second-order valence-electron chi connectivity index (χ2n) is 7.37. The number of hydrogen-bond donors (Lipinski definition) is 2. The summed E-state index contributed by atoms with van der Waals surface area (Å²) in [5.41, 5.74) is 8.75. The molecule has 0 aliphatic carbocycles. The Balaban J connectivity index is 1.46. The number of hydrogen-bond acceptors (Lipinski definition) is 6. The first kappa shape index (κ1) is 20.6. The zero-order valence-electron chi connectivity index (χ0n) is 17.2. The Hall–Kier alpha value is -3.71.